The fourth-order valence-corrected chi connectivity index (χ4v) is 4.37. The number of methoxy groups -OCH3 is 1. The first-order valence-electron chi connectivity index (χ1n) is 10.9. The molecule has 7 nitrogen and oxygen atoms in total. The molecule has 33 heavy (non-hydrogen) atoms. The Morgan fingerprint density at radius 3 is 2.61 bits per heavy atom. The number of anilines is 1. The lowest BCUT2D eigenvalue weighted by Crippen LogP contribution is -2.48. The number of hydrogen-bond donors (Lipinski definition) is 2. The number of carbonyl (C=O) groups excluding carboxylic acids is 3. The molecule has 2 aromatic rings. The van der Waals surface area contributed by atoms with Crippen molar-refractivity contribution in [3.05, 3.63) is 71.4 Å². The fourth-order valence-electron chi connectivity index (χ4n) is 3.65. The maximum absolute atomic E-state index is 12.8. The lowest BCUT2D eigenvalue weighted by atomic mass is 9.94. The van der Waals surface area contributed by atoms with Crippen LogP contribution in [0.5, 0.6) is 0 Å². The summed E-state index contributed by atoms with van der Waals surface area (Å²) in [7, 11) is 1.33. The predicted molar refractivity (Wildman–Crippen MR) is 130 cm³/mol. The van der Waals surface area contributed by atoms with Gasteiger partial charge in [0.2, 0.25) is 5.91 Å². The van der Waals surface area contributed by atoms with Gasteiger partial charge in [-0.1, -0.05) is 43.7 Å². The number of nitrogens with zero attached hydrogens (tertiary/aromatic N) is 1. The molecule has 0 saturated carbocycles. The van der Waals surface area contributed by atoms with E-state index in [-0.39, 0.29) is 17.7 Å². The van der Waals surface area contributed by atoms with Crippen LogP contribution in [-0.4, -0.2) is 42.2 Å². The van der Waals surface area contributed by atoms with Crippen LogP contribution in [0.25, 0.3) is 0 Å². The predicted octanol–water partition coefficient (Wildman–Crippen LogP) is 4.73. The van der Waals surface area contributed by atoms with Gasteiger partial charge in [-0.25, -0.2) is 9.59 Å². The molecule has 1 atom stereocenters. The first-order valence-corrected chi connectivity index (χ1v) is 11.9. The van der Waals surface area contributed by atoms with Gasteiger partial charge in [0, 0.05) is 22.8 Å². The molecule has 3 rings (SSSR count). The second-order valence-corrected chi connectivity index (χ2v) is 8.70. The van der Waals surface area contributed by atoms with Crippen molar-refractivity contribution < 1.29 is 19.1 Å². The maximum Gasteiger partial charge on any atom is 0.337 e. The first-order chi connectivity index (χ1) is 15.9. The van der Waals surface area contributed by atoms with E-state index in [9.17, 15) is 14.4 Å². The third kappa shape index (κ3) is 6.16. The highest BCUT2D eigenvalue weighted by molar-refractivity contribution is 8.00. The molecule has 1 aliphatic heterocycles. The summed E-state index contributed by atoms with van der Waals surface area (Å²) in [5.74, 6) is -0.361. The van der Waals surface area contributed by atoms with Gasteiger partial charge in [-0.2, -0.15) is 0 Å². The summed E-state index contributed by atoms with van der Waals surface area (Å²) in [5.41, 5.74) is 2.25. The molecule has 0 fully saturated rings. The number of benzene rings is 2. The van der Waals surface area contributed by atoms with E-state index in [1.807, 2.05) is 43.3 Å². The number of amides is 3. The van der Waals surface area contributed by atoms with Gasteiger partial charge in [0.05, 0.1) is 24.5 Å². The van der Waals surface area contributed by atoms with E-state index >= 15 is 0 Å². The van der Waals surface area contributed by atoms with Crippen molar-refractivity contribution in [1.82, 2.24) is 10.2 Å². The minimum Gasteiger partial charge on any atom is -0.466 e. The van der Waals surface area contributed by atoms with Gasteiger partial charge in [0.25, 0.3) is 0 Å². The Bertz CT molecular complexity index is 1040. The Morgan fingerprint density at radius 1 is 1.15 bits per heavy atom. The van der Waals surface area contributed by atoms with Crippen LogP contribution in [0.4, 0.5) is 10.5 Å². The highest BCUT2D eigenvalue weighted by Gasteiger charge is 2.36. The van der Waals surface area contributed by atoms with Crippen molar-refractivity contribution in [2.75, 3.05) is 24.7 Å². The number of rotatable bonds is 9. The van der Waals surface area contributed by atoms with Crippen LogP contribution in [0.2, 0.25) is 0 Å². The van der Waals surface area contributed by atoms with Gasteiger partial charge in [0.1, 0.15) is 0 Å². The van der Waals surface area contributed by atoms with E-state index in [1.54, 1.807) is 30.0 Å². The third-order valence-corrected chi connectivity index (χ3v) is 6.37. The Labute approximate surface area is 198 Å². The maximum atomic E-state index is 12.8. The summed E-state index contributed by atoms with van der Waals surface area (Å²) in [6, 6.07) is 15.9. The Morgan fingerprint density at radius 2 is 1.91 bits per heavy atom. The standard InChI is InChI=1S/C25H29N3O4S/c1-4-5-14-28-17(2)22(24(30)32-3)23(27-25(28)31)18-10-9-11-19(15-18)26-21(29)16-33-20-12-7-6-8-13-20/h6-13,15,23H,4-5,14,16H2,1-3H3,(H,26,29)(H,27,31). The number of esters is 1. The number of hydrogen-bond acceptors (Lipinski definition) is 5. The van der Waals surface area contributed by atoms with Crippen LogP contribution < -0.4 is 10.6 Å². The number of allylic oxidation sites excluding steroid dienone is 1. The first kappa shape index (κ1) is 24.4. The van der Waals surface area contributed by atoms with E-state index in [1.165, 1.54) is 18.9 Å². The monoisotopic (exact) mass is 467 g/mol. The minimum absolute atomic E-state index is 0.140. The van der Waals surface area contributed by atoms with Gasteiger partial charge in [-0.3, -0.25) is 9.69 Å². The summed E-state index contributed by atoms with van der Waals surface area (Å²) in [6.45, 7) is 4.33. The second-order valence-electron chi connectivity index (χ2n) is 7.65. The van der Waals surface area contributed by atoms with E-state index in [0.717, 1.165) is 17.7 Å². The van der Waals surface area contributed by atoms with Gasteiger partial charge >= 0.3 is 12.0 Å². The van der Waals surface area contributed by atoms with Crippen LogP contribution >= 0.6 is 11.8 Å². The Hall–Kier alpha value is -3.26. The average molecular weight is 468 g/mol. The van der Waals surface area contributed by atoms with Crippen molar-refractivity contribution in [3.63, 3.8) is 0 Å². The van der Waals surface area contributed by atoms with Crippen molar-refractivity contribution in [2.24, 2.45) is 0 Å². The molecule has 174 valence electrons. The number of ether oxygens (including phenoxy) is 1. The normalized spacial score (nSPS) is 15.8. The van der Waals surface area contributed by atoms with Crippen molar-refractivity contribution in [3.8, 4) is 0 Å². The number of carbonyl (C=O) groups is 3. The molecular formula is C25H29N3O4S. The highest BCUT2D eigenvalue weighted by atomic mass is 32.2. The van der Waals surface area contributed by atoms with Crippen molar-refractivity contribution in [2.45, 2.75) is 37.6 Å². The summed E-state index contributed by atoms with van der Waals surface area (Å²) < 4.78 is 5.02. The number of thioether (sulfide) groups is 1. The molecule has 0 bridgehead atoms. The molecule has 1 aliphatic rings. The highest BCUT2D eigenvalue weighted by Crippen LogP contribution is 2.32. The number of unbranched alkanes of at least 4 members (excludes halogenated alkanes) is 1. The van der Waals surface area contributed by atoms with Gasteiger partial charge in [-0.05, 0) is 43.2 Å². The lowest BCUT2D eigenvalue weighted by Gasteiger charge is -2.35. The topological polar surface area (TPSA) is 87.7 Å². The Balaban J connectivity index is 1.79. The van der Waals surface area contributed by atoms with Crippen molar-refractivity contribution in [1.29, 1.82) is 0 Å². The lowest BCUT2D eigenvalue weighted by molar-refractivity contribution is -0.136. The van der Waals surface area contributed by atoms with E-state index in [2.05, 4.69) is 10.6 Å². The molecule has 0 radical (unpaired) electrons. The van der Waals surface area contributed by atoms with Crippen LogP contribution in [0, 0.1) is 0 Å². The molecule has 1 heterocycles. The van der Waals surface area contributed by atoms with Gasteiger partial charge < -0.3 is 15.4 Å². The Kier molecular flexibility index (Phi) is 8.54. The summed E-state index contributed by atoms with van der Waals surface area (Å²) >= 11 is 1.45. The van der Waals surface area contributed by atoms with Gasteiger partial charge in [0.15, 0.2) is 0 Å². The molecule has 0 aromatic heterocycles. The van der Waals surface area contributed by atoms with Crippen LogP contribution in [0.1, 0.15) is 38.3 Å². The molecule has 0 aliphatic carbocycles. The van der Waals surface area contributed by atoms with Crippen LogP contribution in [0.3, 0.4) is 0 Å². The third-order valence-electron chi connectivity index (χ3n) is 5.35. The summed E-state index contributed by atoms with van der Waals surface area (Å²) in [6.07, 6.45) is 1.75. The fraction of sp³-hybridized carbons (Fsp3) is 0.320. The number of urea groups is 1. The molecule has 1 unspecified atom stereocenters. The molecule has 2 N–H and O–H groups in total. The second kappa shape index (κ2) is 11.6. The summed E-state index contributed by atoms with van der Waals surface area (Å²) in [4.78, 5) is 40.5. The minimum atomic E-state index is -0.668. The molecule has 0 saturated heterocycles. The van der Waals surface area contributed by atoms with E-state index < -0.39 is 12.0 Å². The van der Waals surface area contributed by atoms with Crippen LogP contribution in [-0.2, 0) is 14.3 Å². The zero-order valence-electron chi connectivity index (χ0n) is 19.1. The molecular weight excluding hydrogens is 438 g/mol. The van der Waals surface area contributed by atoms with E-state index in [4.69, 9.17) is 4.74 Å². The number of nitrogens with one attached hydrogen (secondary N) is 2. The SMILES string of the molecule is CCCCN1C(=O)NC(c2cccc(NC(=O)CSc3ccccc3)c2)C(C(=O)OC)=C1C. The largest absolute Gasteiger partial charge is 0.466 e. The zero-order valence-corrected chi connectivity index (χ0v) is 19.9. The molecule has 2 aromatic carbocycles. The molecule has 8 heteroatoms. The molecule has 3 amide bonds. The zero-order chi connectivity index (χ0) is 23.8. The summed E-state index contributed by atoms with van der Waals surface area (Å²) in [5, 5.41) is 5.82. The average Bonchev–Trinajstić information content (AvgIpc) is 2.82. The quantitative estimate of drug-likeness (QED) is 0.411. The van der Waals surface area contributed by atoms with Gasteiger partial charge in [-0.15, -0.1) is 11.8 Å². The molecule has 0 spiro atoms. The van der Waals surface area contributed by atoms with Crippen molar-refractivity contribution >= 4 is 35.4 Å². The van der Waals surface area contributed by atoms with Crippen LogP contribution in [0.15, 0.2) is 70.8 Å². The smallest absolute Gasteiger partial charge is 0.337 e. The van der Waals surface area contributed by atoms with E-state index in [0.29, 0.717) is 29.1 Å².